The Morgan fingerprint density at radius 3 is 0.217 bits per heavy atom. The molecule has 0 amide bonds. The van der Waals surface area contributed by atoms with E-state index in [-0.39, 0.29) is 367 Å². The van der Waals surface area contributed by atoms with Gasteiger partial charge in [-0.3, -0.25) is 0 Å². The second-order valence-electron chi connectivity index (χ2n) is 0. The molecule has 0 aliphatic rings. The molecule has 7 nitrogen and oxygen atoms in total. The molecule has 0 unspecified atom stereocenters. The molecule has 0 bridgehead atoms. The predicted octanol–water partition coefficient (Wildman–Crippen LogP) is -23.0. The van der Waals surface area contributed by atoms with Crippen molar-refractivity contribution in [3.63, 3.8) is 0 Å². The molecule has 23 heavy (non-hydrogen) atoms. The van der Waals surface area contributed by atoms with Gasteiger partial charge in [0, 0.05) is 0 Å². The van der Waals surface area contributed by atoms with E-state index in [4.69, 9.17) is 0 Å². The molecule has 23 heteroatoms. The summed E-state index contributed by atoms with van der Waals surface area (Å²) in [4.78, 5) is 0. The third-order valence-electron chi connectivity index (χ3n) is 0. The molecule has 0 rings (SSSR count). The van der Waals surface area contributed by atoms with Crippen LogP contribution < -0.4 is 32.9 Å². The Kier molecular flexibility index (Phi) is 5960. The third-order valence-corrected chi connectivity index (χ3v) is 0. The molecule has 0 fully saturated rings. The van der Waals surface area contributed by atoms with E-state index in [1.54, 1.807) is 0 Å². The van der Waals surface area contributed by atoms with E-state index in [0.717, 1.165) is 0 Å². The Morgan fingerprint density at radius 1 is 0.217 bits per heavy atom. The Labute approximate surface area is 357 Å². The fraction of sp³-hybridized carbons (Fsp3) is 0. The maximum absolute atomic E-state index is 0. The molecule has 0 saturated heterocycles. The van der Waals surface area contributed by atoms with Crippen molar-refractivity contribution < 1.29 is 221 Å². The molecule has 0 aromatic carbocycles. The molecule has 0 heterocycles. The molecule has 0 aromatic rings. The van der Waals surface area contributed by atoms with Gasteiger partial charge in [-0.1, -0.05) is 0 Å². The summed E-state index contributed by atoms with van der Waals surface area (Å²) in [7, 11) is 0. The summed E-state index contributed by atoms with van der Waals surface area (Å²) >= 11 is 0. The fourth-order valence-electron chi connectivity index (χ4n) is 0. The van der Waals surface area contributed by atoms with E-state index in [1.807, 2.05) is 0 Å². The summed E-state index contributed by atoms with van der Waals surface area (Å²) in [6, 6.07) is 0. The van der Waals surface area contributed by atoms with Crippen LogP contribution in [0.25, 0.3) is 0 Å². The summed E-state index contributed by atoms with van der Waals surface area (Å²) in [6.07, 6.45) is 0. The first-order chi connectivity index (χ1) is 0. The first kappa shape index (κ1) is 389. The van der Waals surface area contributed by atoms with E-state index >= 15 is 0 Å². The Hall–Kier alpha value is 8.81. The van der Waals surface area contributed by atoms with E-state index in [9.17, 15) is 0 Å². The fourth-order valence-corrected chi connectivity index (χ4v) is 0. The van der Waals surface area contributed by atoms with Crippen LogP contribution in [0, 0.1) is 0 Å². The molecule has 3 radical (unpaired) electrons. The summed E-state index contributed by atoms with van der Waals surface area (Å²) < 4.78 is 0. The molecule has 0 saturated carbocycles. The maximum Gasteiger partial charge on any atom is 3.00 e. The Bertz CT molecular complexity index is 50.5. The van der Waals surface area contributed by atoms with Gasteiger partial charge < -0.3 is 71.3 Å². The zero-order chi connectivity index (χ0) is 0. The van der Waals surface area contributed by atoms with E-state index in [0.29, 0.717) is 0 Å². The molecule has 0 N–H and O–H groups in total. The van der Waals surface area contributed by atoms with E-state index in [1.165, 1.54) is 0 Å². The van der Waals surface area contributed by atoms with Gasteiger partial charge in [0.15, 0.2) is 0 Å². The largest absolute Gasteiger partial charge is 3.00 e. The van der Waals surface area contributed by atoms with Gasteiger partial charge in [0.05, 0.1) is 0 Å². The normalized spacial score (nSPS) is 0. The second kappa shape index (κ2) is 353. The van der Waals surface area contributed by atoms with Crippen LogP contribution in [0.4, 0.5) is 0 Å². The Morgan fingerprint density at radius 2 is 0.217 bits per heavy atom. The number of rotatable bonds is 0. The van der Waals surface area contributed by atoms with Crippen LogP contribution in [0.2, 0.25) is 0 Å². The average Bonchev–Trinajstić information content (AvgIpc) is 0. The van der Waals surface area contributed by atoms with Crippen LogP contribution >= 0.6 is 0 Å². The van der Waals surface area contributed by atoms with Crippen molar-refractivity contribution in [3.8, 4) is 0 Å². The first-order valence-corrected chi connectivity index (χ1v) is 0. The van der Waals surface area contributed by atoms with Crippen LogP contribution in [0.1, 0.15) is 0 Å². The molecular formula is Ba3Cu3F7O7Y3. The standard InChI is InChI=1S/3Ba.3Cu.7FH.7O.3Y/h;;;;;;7*1H;;;;;;;;;;/q6*+2;;;;;;;;7*-2;3*+3/p-7. The van der Waals surface area contributed by atoms with E-state index < -0.39 is 0 Å². The van der Waals surface area contributed by atoms with Gasteiger partial charge in [-0.25, -0.2) is 0 Å². The molecule has 0 aliphatic heterocycles. The smallest absolute Gasteiger partial charge is 2.00 e. The number of hydrogen-bond acceptors (Lipinski definition) is 0. The summed E-state index contributed by atoms with van der Waals surface area (Å²) in [5, 5.41) is 0. The molecule has 0 aliphatic carbocycles. The van der Waals surface area contributed by atoms with Crippen molar-refractivity contribution in [2.24, 2.45) is 0 Å². The van der Waals surface area contributed by atoms with Gasteiger partial charge in [0.2, 0.25) is 0 Å². The minimum Gasteiger partial charge on any atom is -2.00 e. The maximum atomic E-state index is 0. The topological polar surface area (TPSA) is 200 Å². The zero-order valence-corrected chi connectivity index (χ0v) is 34.9. The van der Waals surface area contributed by atoms with Crippen LogP contribution in [0.15, 0.2) is 0 Å². The van der Waals surface area contributed by atoms with Crippen LogP contribution in [-0.2, 0) is 188 Å². The van der Waals surface area contributed by atoms with Crippen molar-refractivity contribution in [2.75, 3.05) is 0 Å². The Balaban J connectivity index is 0. The SMILES string of the molecule is [Ba+2].[Ba+2].[Ba+2].[Cu+2].[Cu+2].[Cu+2].[F-].[F-].[F-].[F-].[F-].[F-].[F-].[O-2].[O-2].[O-2].[O-2].[O-2].[O-2].[O-2].[Y+3].[Y+3].[Y+3]. The van der Waals surface area contributed by atoms with Crippen molar-refractivity contribution in [2.45, 2.75) is 0 Å². The van der Waals surface area contributed by atoms with Crippen molar-refractivity contribution in [3.05, 3.63) is 0 Å². The van der Waals surface area contributed by atoms with Crippen molar-refractivity contribution >= 4 is 147 Å². The molecular weight excluding hydrogens is 1110 g/mol. The van der Waals surface area contributed by atoms with Gasteiger partial charge in [-0.15, -0.1) is 0 Å². The zero-order valence-electron chi connectivity index (χ0n) is 10.3. The summed E-state index contributed by atoms with van der Waals surface area (Å²) in [5.41, 5.74) is 0. The molecule has 0 atom stereocenters. The minimum absolute atomic E-state index is 0. The monoisotopic (exact) mass is 1110 g/mol. The molecule has 0 aromatic heterocycles. The first-order valence-electron chi connectivity index (χ1n) is 0. The average molecular weight is 1110 g/mol. The van der Waals surface area contributed by atoms with Crippen molar-refractivity contribution in [1.82, 2.24) is 0 Å². The summed E-state index contributed by atoms with van der Waals surface area (Å²) in [5.74, 6) is 0. The van der Waals surface area contributed by atoms with Gasteiger partial charge >= 0.3 is 296 Å². The van der Waals surface area contributed by atoms with Gasteiger partial charge in [0.1, 0.15) is 0 Å². The van der Waals surface area contributed by atoms with Gasteiger partial charge in [-0.05, 0) is 0 Å². The van der Waals surface area contributed by atoms with Gasteiger partial charge in [0.25, 0.3) is 0 Å². The molecule has 0 spiro atoms. The quantitative estimate of drug-likeness (QED) is 0.164. The number of hydrogen-bond donors (Lipinski definition) is 0. The predicted molar refractivity (Wildman–Crippen MR) is 22.1 cm³/mol. The van der Waals surface area contributed by atoms with E-state index in [2.05, 4.69) is 0 Å². The third kappa shape index (κ3) is 329. The van der Waals surface area contributed by atoms with Gasteiger partial charge in [-0.2, -0.15) is 0 Å². The van der Waals surface area contributed by atoms with Crippen LogP contribution in [0.5, 0.6) is 0 Å². The summed E-state index contributed by atoms with van der Waals surface area (Å²) in [6.45, 7) is 0. The number of halogens is 7. The van der Waals surface area contributed by atoms with Crippen molar-refractivity contribution in [1.29, 1.82) is 0 Å². The second-order valence-corrected chi connectivity index (χ2v) is 0. The minimum atomic E-state index is 0. The van der Waals surface area contributed by atoms with Crippen LogP contribution in [-0.4, -0.2) is 147 Å². The van der Waals surface area contributed by atoms with Crippen LogP contribution in [0.3, 0.4) is 0 Å². The molecule has 139 valence electrons.